The van der Waals surface area contributed by atoms with E-state index in [1.54, 1.807) is 6.92 Å². The lowest BCUT2D eigenvalue weighted by Gasteiger charge is -2.16. The van der Waals surface area contributed by atoms with Crippen LogP contribution >= 0.6 is 0 Å². The average molecular weight is 230 g/mol. The van der Waals surface area contributed by atoms with Gasteiger partial charge in [0.1, 0.15) is 6.17 Å². The normalized spacial score (nSPS) is 21.2. The maximum atomic E-state index is 13.7. The summed E-state index contributed by atoms with van der Waals surface area (Å²) in [6, 6.07) is 6.04. The SMILES string of the molecule is Cc1ccc(C2=CCC(C)C=C2)c(C(C)F)c1. The fraction of sp³-hybridized carbons (Fsp3) is 0.375. The maximum absolute atomic E-state index is 13.7. The highest BCUT2D eigenvalue weighted by molar-refractivity contribution is 5.77. The summed E-state index contributed by atoms with van der Waals surface area (Å²) in [5.41, 5.74) is 4.11. The summed E-state index contributed by atoms with van der Waals surface area (Å²) in [4.78, 5) is 0. The Balaban J connectivity index is 2.42. The molecule has 1 aromatic rings. The van der Waals surface area contributed by atoms with Gasteiger partial charge in [-0.15, -0.1) is 0 Å². The van der Waals surface area contributed by atoms with Crippen molar-refractivity contribution < 1.29 is 4.39 Å². The lowest BCUT2D eigenvalue weighted by atomic mass is 9.90. The number of benzene rings is 1. The molecule has 0 saturated heterocycles. The molecule has 2 unspecified atom stereocenters. The van der Waals surface area contributed by atoms with Crippen molar-refractivity contribution in [2.24, 2.45) is 5.92 Å². The maximum Gasteiger partial charge on any atom is 0.123 e. The molecule has 0 bridgehead atoms. The van der Waals surface area contributed by atoms with E-state index in [2.05, 4.69) is 25.2 Å². The quantitative estimate of drug-likeness (QED) is 0.670. The molecule has 0 radical (unpaired) electrons. The Morgan fingerprint density at radius 1 is 1.35 bits per heavy atom. The van der Waals surface area contributed by atoms with Crippen molar-refractivity contribution in [3.05, 3.63) is 53.1 Å². The number of allylic oxidation sites excluding steroid dienone is 4. The summed E-state index contributed by atoms with van der Waals surface area (Å²) in [5, 5.41) is 0. The van der Waals surface area contributed by atoms with Crippen LogP contribution in [0.4, 0.5) is 4.39 Å². The second kappa shape index (κ2) is 4.87. The van der Waals surface area contributed by atoms with Gasteiger partial charge in [0.05, 0.1) is 0 Å². The topological polar surface area (TPSA) is 0 Å². The predicted octanol–water partition coefficient (Wildman–Crippen LogP) is 5.00. The third-order valence-corrected chi connectivity index (χ3v) is 3.26. The van der Waals surface area contributed by atoms with Gasteiger partial charge in [-0.05, 0) is 42.9 Å². The Hall–Kier alpha value is -1.37. The highest BCUT2D eigenvalue weighted by atomic mass is 19.1. The molecule has 0 aliphatic heterocycles. The summed E-state index contributed by atoms with van der Waals surface area (Å²) in [6.07, 6.45) is 6.65. The van der Waals surface area contributed by atoms with Crippen LogP contribution < -0.4 is 0 Å². The van der Waals surface area contributed by atoms with E-state index in [4.69, 9.17) is 0 Å². The van der Waals surface area contributed by atoms with Crippen LogP contribution in [0, 0.1) is 12.8 Å². The Morgan fingerprint density at radius 2 is 2.12 bits per heavy atom. The van der Waals surface area contributed by atoms with Crippen LogP contribution in [-0.2, 0) is 0 Å². The number of hydrogen-bond acceptors (Lipinski definition) is 0. The van der Waals surface area contributed by atoms with Crippen LogP contribution in [0.1, 0.15) is 43.1 Å². The largest absolute Gasteiger partial charge is 0.243 e. The molecule has 1 aliphatic rings. The van der Waals surface area contributed by atoms with Crippen molar-refractivity contribution >= 4 is 5.57 Å². The smallest absolute Gasteiger partial charge is 0.123 e. The number of aryl methyl sites for hydroxylation is 1. The molecule has 2 atom stereocenters. The van der Waals surface area contributed by atoms with Gasteiger partial charge < -0.3 is 0 Å². The first kappa shape index (κ1) is 12.1. The van der Waals surface area contributed by atoms with Crippen LogP contribution in [0.2, 0.25) is 0 Å². The Kier molecular flexibility index (Phi) is 3.46. The first-order chi connectivity index (χ1) is 8.08. The molecular formula is C16H19F. The lowest BCUT2D eigenvalue weighted by Crippen LogP contribution is -1.99. The van der Waals surface area contributed by atoms with Crippen LogP contribution in [0.5, 0.6) is 0 Å². The molecule has 0 heterocycles. The highest BCUT2D eigenvalue weighted by Gasteiger charge is 2.13. The van der Waals surface area contributed by atoms with Crippen molar-refractivity contribution in [1.82, 2.24) is 0 Å². The van der Waals surface area contributed by atoms with Crippen molar-refractivity contribution in [3.8, 4) is 0 Å². The van der Waals surface area contributed by atoms with Crippen LogP contribution in [0.3, 0.4) is 0 Å². The average Bonchev–Trinajstić information content (AvgIpc) is 2.30. The van der Waals surface area contributed by atoms with E-state index in [0.29, 0.717) is 5.92 Å². The van der Waals surface area contributed by atoms with Crippen molar-refractivity contribution in [3.63, 3.8) is 0 Å². The van der Waals surface area contributed by atoms with Gasteiger partial charge in [0, 0.05) is 0 Å². The van der Waals surface area contributed by atoms with Gasteiger partial charge in [0.2, 0.25) is 0 Å². The van der Waals surface area contributed by atoms with E-state index >= 15 is 0 Å². The van der Waals surface area contributed by atoms with Gasteiger partial charge in [-0.2, -0.15) is 0 Å². The van der Waals surface area contributed by atoms with Gasteiger partial charge in [-0.3, -0.25) is 0 Å². The molecule has 2 rings (SSSR count). The minimum absolute atomic E-state index is 0.593. The van der Waals surface area contributed by atoms with Crippen molar-refractivity contribution in [2.45, 2.75) is 33.4 Å². The Morgan fingerprint density at radius 3 is 2.71 bits per heavy atom. The molecule has 17 heavy (non-hydrogen) atoms. The highest BCUT2D eigenvalue weighted by Crippen LogP contribution is 2.31. The first-order valence-corrected chi connectivity index (χ1v) is 6.21. The molecule has 0 saturated carbocycles. The molecule has 0 spiro atoms. The molecule has 0 fully saturated rings. The fourth-order valence-electron chi connectivity index (χ4n) is 2.20. The molecule has 0 N–H and O–H groups in total. The molecular weight excluding hydrogens is 211 g/mol. The molecule has 0 amide bonds. The van der Waals surface area contributed by atoms with E-state index in [0.717, 1.165) is 28.7 Å². The van der Waals surface area contributed by atoms with Gasteiger partial charge in [0.25, 0.3) is 0 Å². The number of hydrogen-bond donors (Lipinski definition) is 0. The van der Waals surface area contributed by atoms with Crippen molar-refractivity contribution in [2.75, 3.05) is 0 Å². The monoisotopic (exact) mass is 230 g/mol. The summed E-state index contributed by atoms with van der Waals surface area (Å²) < 4.78 is 13.7. The molecule has 0 nitrogen and oxygen atoms in total. The van der Waals surface area contributed by atoms with Crippen LogP contribution in [-0.4, -0.2) is 0 Å². The van der Waals surface area contributed by atoms with Gasteiger partial charge in [-0.1, -0.05) is 48.9 Å². The summed E-state index contributed by atoms with van der Waals surface area (Å²) in [5.74, 6) is 0.593. The van der Waals surface area contributed by atoms with Crippen LogP contribution in [0.25, 0.3) is 5.57 Å². The van der Waals surface area contributed by atoms with Crippen LogP contribution in [0.15, 0.2) is 36.4 Å². The van der Waals surface area contributed by atoms with E-state index in [9.17, 15) is 4.39 Å². The van der Waals surface area contributed by atoms with E-state index < -0.39 is 6.17 Å². The minimum atomic E-state index is -0.918. The van der Waals surface area contributed by atoms with Crippen molar-refractivity contribution in [1.29, 1.82) is 0 Å². The summed E-state index contributed by atoms with van der Waals surface area (Å²) in [6.45, 7) is 5.80. The molecule has 1 heteroatoms. The van der Waals surface area contributed by atoms with Gasteiger partial charge in [-0.25, -0.2) is 4.39 Å². The molecule has 1 aromatic carbocycles. The van der Waals surface area contributed by atoms with E-state index in [1.807, 2.05) is 25.1 Å². The molecule has 0 aromatic heterocycles. The number of alkyl halides is 1. The molecule has 90 valence electrons. The third kappa shape index (κ3) is 2.66. The number of rotatable bonds is 2. The third-order valence-electron chi connectivity index (χ3n) is 3.26. The van der Waals surface area contributed by atoms with E-state index in [1.165, 1.54) is 0 Å². The Labute approximate surface area is 103 Å². The summed E-state index contributed by atoms with van der Waals surface area (Å²) in [7, 11) is 0. The summed E-state index contributed by atoms with van der Waals surface area (Å²) >= 11 is 0. The lowest BCUT2D eigenvalue weighted by molar-refractivity contribution is 0.373. The first-order valence-electron chi connectivity index (χ1n) is 6.21. The molecule has 1 aliphatic carbocycles. The van der Waals surface area contributed by atoms with Gasteiger partial charge in [0.15, 0.2) is 0 Å². The zero-order valence-electron chi connectivity index (χ0n) is 10.7. The van der Waals surface area contributed by atoms with Gasteiger partial charge >= 0.3 is 0 Å². The number of halogens is 1. The standard InChI is InChI=1S/C16H19F/c1-11-4-7-14(8-5-11)15-9-6-12(2)10-16(15)13(3)17/h4,6-11,13H,5H2,1-3H3. The second-order valence-corrected chi connectivity index (χ2v) is 4.94. The zero-order chi connectivity index (χ0) is 12.4. The van der Waals surface area contributed by atoms with E-state index in [-0.39, 0.29) is 0 Å². The zero-order valence-corrected chi connectivity index (χ0v) is 10.7. The second-order valence-electron chi connectivity index (χ2n) is 4.94. The minimum Gasteiger partial charge on any atom is -0.243 e. The predicted molar refractivity (Wildman–Crippen MR) is 71.6 cm³/mol. The fourth-order valence-corrected chi connectivity index (χ4v) is 2.20. The Bertz CT molecular complexity index is 466.